The van der Waals surface area contributed by atoms with Crippen molar-refractivity contribution in [2.45, 2.75) is 32.1 Å². The molecule has 0 aromatic heterocycles. The molecule has 0 radical (unpaired) electrons. The molecule has 2 saturated carbocycles. The largest absolute Gasteiger partial charge is 0.400 e. The Bertz CT molecular complexity index is 62.6. The van der Waals surface area contributed by atoms with E-state index in [0.29, 0.717) is 0 Å². The number of fused-ring (bicyclic) bond motifs is 2. The van der Waals surface area contributed by atoms with Crippen LogP contribution >= 0.6 is 0 Å². The Hall–Kier alpha value is -0.0400. The molecule has 0 saturated heterocycles. The van der Waals surface area contributed by atoms with Crippen LogP contribution in [-0.2, 0) is 0 Å². The van der Waals surface area contributed by atoms with E-state index in [1.807, 2.05) is 0 Å². The summed E-state index contributed by atoms with van der Waals surface area (Å²) in [5, 5.41) is 7.00. The molecule has 2 rings (SSSR count). The molecule has 2 bridgehead atoms. The van der Waals surface area contributed by atoms with Gasteiger partial charge in [-0.1, -0.05) is 25.7 Å². The van der Waals surface area contributed by atoms with Crippen molar-refractivity contribution >= 4 is 0 Å². The summed E-state index contributed by atoms with van der Waals surface area (Å²) in [5.41, 5.74) is 0. The molecule has 0 amide bonds. The molecule has 0 spiro atoms. The van der Waals surface area contributed by atoms with E-state index in [1.54, 1.807) is 32.1 Å². The number of aliphatic hydroxyl groups is 1. The average molecular weight is 128 g/mol. The summed E-state index contributed by atoms with van der Waals surface area (Å²) in [5.74, 6) is 2.34. The van der Waals surface area contributed by atoms with Crippen LogP contribution in [0.3, 0.4) is 0 Å². The molecule has 0 unspecified atom stereocenters. The summed E-state index contributed by atoms with van der Waals surface area (Å²) in [4.78, 5) is 0. The van der Waals surface area contributed by atoms with E-state index in [1.165, 1.54) is 11.8 Å². The van der Waals surface area contributed by atoms with Gasteiger partial charge in [0, 0.05) is 7.11 Å². The smallest absolute Gasteiger partial charge is 0.0319 e. The van der Waals surface area contributed by atoms with Crippen molar-refractivity contribution in [1.82, 2.24) is 0 Å². The quantitative estimate of drug-likeness (QED) is 0.527. The zero-order valence-corrected chi connectivity index (χ0v) is 6.14. The van der Waals surface area contributed by atoms with Gasteiger partial charge in [0.15, 0.2) is 0 Å². The van der Waals surface area contributed by atoms with Crippen molar-refractivity contribution in [1.29, 1.82) is 0 Å². The second-order valence-electron chi connectivity index (χ2n) is 3.12. The van der Waals surface area contributed by atoms with Crippen LogP contribution in [0.15, 0.2) is 0 Å². The monoisotopic (exact) mass is 128 g/mol. The Morgan fingerprint density at radius 1 is 0.889 bits per heavy atom. The Labute approximate surface area is 57.1 Å². The van der Waals surface area contributed by atoms with Crippen LogP contribution in [0.1, 0.15) is 32.1 Å². The van der Waals surface area contributed by atoms with E-state index in [-0.39, 0.29) is 0 Å². The van der Waals surface area contributed by atoms with Crippen LogP contribution in [0.4, 0.5) is 0 Å². The van der Waals surface area contributed by atoms with Gasteiger partial charge in [-0.15, -0.1) is 0 Å². The molecule has 0 atom stereocenters. The van der Waals surface area contributed by atoms with E-state index >= 15 is 0 Å². The van der Waals surface area contributed by atoms with Crippen molar-refractivity contribution in [3.05, 3.63) is 0 Å². The van der Waals surface area contributed by atoms with Crippen molar-refractivity contribution in [3.63, 3.8) is 0 Å². The number of aliphatic hydroxyl groups excluding tert-OH is 1. The lowest BCUT2D eigenvalue weighted by molar-refractivity contribution is 0.399. The van der Waals surface area contributed by atoms with Gasteiger partial charge < -0.3 is 5.11 Å². The summed E-state index contributed by atoms with van der Waals surface area (Å²) in [6, 6.07) is 0. The molecule has 2 aliphatic rings. The normalized spacial score (nSPS) is 38.0. The second kappa shape index (κ2) is 3.21. The van der Waals surface area contributed by atoms with E-state index < -0.39 is 0 Å². The van der Waals surface area contributed by atoms with E-state index in [0.717, 1.165) is 7.11 Å². The first-order chi connectivity index (χ1) is 4.45. The highest BCUT2D eigenvalue weighted by Gasteiger charge is 2.30. The molecule has 0 heterocycles. The van der Waals surface area contributed by atoms with Crippen LogP contribution in [0.25, 0.3) is 0 Å². The minimum absolute atomic E-state index is 1.00. The third kappa shape index (κ3) is 1.45. The predicted octanol–water partition coefficient (Wildman–Crippen LogP) is 1.81. The summed E-state index contributed by atoms with van der Waals surface area (Å²) in [6.45, 7) is 0. The Morgan fingerprint density at radius 2 is 1.22 bits per heavy atom. The SMILES string of the molecule is C1CC2CCC1C2.CO. The second-order valence-corrected chi connectivity index (χ2v) is 3.12. The lowest BCUT2D eigenvalue weighted by Gasteiger charge is -2.05. The molecule has 0 aromatic rings. The number of hydrogen-bond acceptors (Lipinski definition) is 1. The van der Waals surface area contributed by atoms with Crippen molar-refractivity contribution < 1.29 is 5.11 Å². The van der Waals surface area contributed by atoms with Gasteiger partial charge in [0.05, 0.1) is 0 Å². The minimum Gasteiger partial charge on any atom is -0.400 e. The van der Waals surface area contributed by atoms with Crippen LogP contribution in [0.2, 0.25) is 0 Å². The first kappa shape index (κ1) is 7.07. The zero-order chi connectivity index (χ0) is 6.69. The highest BCUT2D eigenvalue weighted by molar-refractivity contribution is 4.82. The van der Waals surface area contributed by atoms with Gasteiger partial charge >= 0.3 is 0 Å². The lowest BCUT2D eigenvalue weighted by atomic mass is 10.0. The molecule has 0 aliphatic heterocycles. The molecule has 2 aliphatic carbocycles. The van der Waals surface area contributed by atoms with Gasteiger partial charge in [0.1, 0.15) is 0 Å². The maximum Gasteiger partial charge on any atom is 0.0319 e. The number of hydrogen-bond donors (Lipinski definition) is 1. The van der Waals surface area contributed by atoms with Gasteiger partial charge in [-0.05, 0) is 18.3 Å². The molecule has 1 nitrogen and oxygen atoms in total. The van der Waals surface area contributed by atoms with Crippen molar-refractivity contribution in [2.24, 2.45) is 11.8 Å². The van der Waals surface area contributed by atoms with Crippen molar-refractivity contribution in [2.75, 3.05) is 7.11 Å². The van der Waals surface area contributed by atoms with Gasteiger partial charge in [-0.3, -0.25) is 0 Å². The minimum atomic E-state index is 1.00. The molecule has 1 heteroatoms. The zero-order valence-electron chi connectivity index (χ0n) is 6.14. The summed E-state index contributed by atoms with van der Waals surface area (Å²) < 4.78 is 0. The van der Waals surface area contributed by atoms with Gasteiger partial charge in [0.25, 0.3) is 0 Å². The number of rotatable bonds is 0. The fourth-order valence-electron chi connectivity index (χ4n) is 2.17. The first-order valence-corrected chi connectivity index (χ1v) is 3.90. The van der Waals surface area contributed by atoms with Crippen LogP contribution in [0, 0.1) is 11.8 Å². The van der Waals surface area contributed by atoms with E-state index in [2.05, 4.69) is 0 Å². The van der Waals surface area contributed by atoms with Crippen LogP contribution < -0.4 is 0 Å². The fourth-order valence-corrected chi connectivity index (χ4v) is 2.17. The lowest BCUT2D eigenvalue weighted by Crippen LogP contribution is -1.90. The maximum atomic E-state index is 7.00. The van der Waals surface area contributed by atoms with Crippen LogP contribution in [0.5, 0.6) is 0 Å². The standard InChI is InChI=1S/C7H12.CH4O/c1-2-7-4-3-6(1)5-7;1-2/h6-7H,1-5H2;2H,1H3. The molecule has 0 aromatic carbocycles. The maximum absolute atomic E-state index is 7.00. The van der Waals surface area contributed by atoms with Crippen molar-refractivity contribution in [3.8, 4) is 0 Å². The third-order valence-corrected chi connectivity index (χ3v) is 2.63. The van der Waals surface area contributed by atoms with E-state index in [4.69, 9.17) is 5.11 Å². The van der Waals surface area contributed by atoms with E-state index in [9.17, 15) is 0 Å². The van der Waals surface area contributed by atoms with Gasteiger partial charge in [0.2, 0.25) is 0 Å². The average Bonchev–Trinajstić information content (AvgIpc) is 2.53. The first-order valence-electron chi connectivity index (χ1n) is 3.90. The summed E-state index contributed by atoms with van der Waals surface area (Å²) in [7, 11) is 1.00. The molecule has 1 N–H and O–H groups in total. The molecular formula is C8H16O. The fraction of sp³-hybridized carbons (Fsp3) is 1.00. The molecule has 2 fully saturated rings. The van der Waals surface area contributed by atoms with Gasteiger partial charge in [-0.25, -0.2) is 0 Å². The Kier molecular flexibility index (Phi) is 2.52. The predicted molar refractivity (Wildman–Crippen MR) is 38.2 cm³/mol. The summed E-state index contributed by atoms with van der Waals surface area (Å²) >= 11 is 0. The summed E-state index contributed by atoms with van der Waals surface area (Å²) in [6.07, 6.45) is 7.82. The highest BCUT2D eigenvalue weighted by Crippen LogP contribution is 2.43. The molecule has 54 valence electrons. The van der Waals surface area contributed by atoms with Crippen LogP contribution in [-0.4, -0.2) is 12.2 Å². The highest BCUT2D eigenvalue weighted by atomic mass is 16.2. The Balaban J connectivity index is 0.000000186. The van der Waals surface area contributed by atoms with Gasteiger partial charge in [-0.2, -0.15) is 0 Å². The topological polar surface area (TPSA) is 20.2 Å². The third-order valence-electron chi connectivity index (χ3n) is 2.63. The Morgan fingerprint density at radius 3 is 1.33 bits per heavy atom. The molecular weight excluding hydrogens is 112 g/mol. The molecule has 9 heavy (non-hydrogen) atoms.